The average Bonchev–Trinajstić information content (AvgIpc) is 3.01. The molecule has 0 spiro atoms. The van der Waals surface area contributed by atoms with Gasteiger partial charge in [0.25, 0.3) is 0 Å². The first kappa shape index (κ1) is 16.8. The van der Waals surface area contributed by atoms with Crippen molar-refractivity contribution in [3.05, 3.63) is 58.3 Å². The van der Waals surface area contributed by atoms with Crippen LogP contribution in [0, 0.1) is 0 Å². The standard InChI is InChI=1S/C15H16NO4PS/c17-15(18)7-6-14(13-8-9-22-11-13)16(21(19)20)10-12-4-2-1-3-5-12/h1-5,8-9,11,14H,6-7,10H2,(H-,17,18,19,20)/p+1. The van der Waals surface area contributed by atoms with E-state index in [9.17, 15) is 14.3 Å². The minimum absolute atomic E-state index is 0.0467. The third-order valence-electron chi connectivity index (χ3n) is 3.33. The zero-order valence-electron chi connectivity index (χ0n) is 11.8. The van der Waals surface area contributed by atoms with E-state index in [1.807, 2.05) is 47.2 Å². The predicted molar refractivity (Wildman–Crippen MR) is 85.7 cm³/mol. The van der Waals surface area contributed by atoms with Gasteiger partial charge in [-0.1, -0.05) is 35.0 Å². The number of nitrogens with zero attached hydrogens (tertiary/aromatic N) is 1. The first-order chi connectivity index (χ1) is 10.6. The summed E-state index contributed by atoms with van der Waals surface area (Å²) in [5.74, 6) is -0.909. The summed E-state index contributed by atoms with van der Waals surface area (Å²) in [5.41, 5.74) is 1.79. The highest BCUT2D eigenvalue weighted by molar-refractivity contribution is 7.35. The Kier molecular flexibility index (Phi) is 6.21. The number of hydrogen-bond acceptors (Lipinski definition) is 3. The van der Waals surface area contributed by atoms with E-state index in [-0.39, 0.29) is 6.42 Å². The van der Waals surface area contributed by atoms with Crippen molar-refractivity contribution in [1.82, 2.24) is 4.67 Å². The number of thiophene rings is 1. The number of benzene rings is 1. The highest BCUT2D eigenvalue weighted by Gasteiger charge is 2.35. The van der Waals surface area contributed by atoms with Gasteiger partial charge in [0.2, 0.25) is 0 Å². The zero-order chi connectivity index (χ0) is 15.9. The van der Waals surface area contributed by atoms with Crippen LogP contribution in [0.25, 0.3) is 0 Å². The Hall–Kier alpha value is -1.59. The maximum absolute atomic E-state index is 11.8. The van der Waals surface area contributed by atoms with Crippen molar-refractivity contribution in [3.8, 4) is 0 Å². The van der Waals surface area contributed by atoms with Crippen molar-refractivity contribution >= 4 is 25.5 Å². The molecule has 116 valence electrons. The number of carboxylic acids is 1. The van der Waals surface area contributed by atoms with E-state index in [2.05, 4.69) is 0 Å². The minimum atomic E-state index is -2.57. The maximum Gasteiger partial charge on any atom is 0.614 e. The molecule has 1 aromatic carbocycles. The highest BCUT2D eigenvalue weighted by atomic mass is 32.1. The van der Waals surface area contributed by atoms with E-state index in [0.717, 1.165) is 11.1 Å². The third-order valence-corrected chi connectivity index (χ3v) is 4.89. The lowest BCUT2D eigenvalue weighted by Crippen LogP contribution is -2.22. The normalized spacial score (nSPS) is 13.1. The van der Waals surface area contributed by atoms with Crippen LogP contribution >= 0.6 is 19.5 Å². The van der Waals surface area contributed by atoms with Gasteiger partial charge in [0.15, 0.2) is 0 Å². The second kappa shape index (κ2) is 8.15. The summed E-state index contributed by atoms with van der Waals surface area (Å²) >= 11 is 1.49. The topological polar surface area (TPSA) is 77.8 Å². The lowest BCUT2D eigenvalue weighted by atomic mass is 10.0. The monoisotopic (exact) mass is 338 g/mol. The van der Waals surface area contributed by atoms with E-state index < -0.39 is 20.2 Å². The van der Waals surface area contributed by atoms with Crippen molar-refractivity contribution in [2.24, 2.45) is 0 Å². The van der Waals surface area contributed by atoms with Gasteiger partial charge >= 0.3 is 14.1 Å². The Morgan fingerprint density at radius 3 is 2.55 bits per heavy atom. The molecule has 0 radical (unpaired) electrons. The van der Waals surface area contributed by atoms with Gasteiger partial charge in [-0.05, 0) is 38.9 Å². The molecule has 2 N–H and O–H groups in total. The second-order valence-corrected chi connectivity index (χ2v) is 6.64. The lowest BCUT2D eigenvalue weighted by Gasteiger charge is -2.20. The third kappa shape index (κ3) is 4.71. The molecule has 0 saturated heterocycles. The first-order valence-corrected chi connectivity index (χ1v) is 8.89. The van der Waals surface area contributed by atoms with Crippen LogP contribution in [0.2, 0.25) is 0 Å². The van der Waals surface area contributed by atoms with Crippen LogP contribution in [-0.2, 0) is 15.9 Å². The molecule has 2 rings (SSSR count). The number of rotatable bonds is 8. The smallest absolute Gasteiger partial charge is 0.481 e. The largest absolute Gasteiger partial charge is 0.614 e. The van der Waals surface area contributed by atoms with Gasteiger partial charge < -0.3 is 5.11 Å². The molecule has 0 aliphatic carbocycles. The van der Waals surface area contributed by atoms with Gasteiger partial charge in [-0.3, -0.25) is 4.79 Å². The van der Waals surface area contributed by atoms with Crippen molar-refractivity contribution in [3.63, 3.8) is 0 Å². The molecule has 1 heterocycles. The average molecular weight is 338 g/mol. The Balaban J connectivity index is 2.23. The molecule has 22 heavy (non-hydrogen) atoms. The number of hydrogen-bond donors (Lipinski definition) is 2. The van der Waals surface area contributed by atoms with E-state index in [4.69, 9.17) is 5.11 Å². The quantitative estimate of drug-likeness (QED) is 0.716. The fourth-order valence-electron chi connectivity index (χ4n) is 2.27. The molecule has 0 saturated carbocycles. The number of aliphatic carboxylic acids is 1. The van der Waals surface area contributed by atoms with Crippen LogP contribution in [0.1, 0.15) is 30.0 Å². The number of carboxylic acid groups (broad SMARTS) is 1. The molecular weight excluding hydrogens is 321 g/mol. The molecule has 2 aromatic rings. The van der Waals surface area contributed by atoms with Crippen molar-refractivity contribution in [1.29, 1.82) is 0 Å². The van der Waals surface area contributed by atoms with Crippen molar-refractivity contribution < 1.29 is 19.4 Å². The molecule has 2 atom stereocenters. The molecule has 0 bridgehead atoms. The van der Waals surface area contributed by atoms with Gasteiger partial charge in [-0.2, -0.15) is 11.3 Å². The van der Waals surface area contributed by atoms with E-state index >= 15 is 0 Å². The molecule has 0 fully saturated rings. The zero-order valence-corrected chi connectivity index (χ0v) is 13.5. The predicted octanol–water partition coefficient (Wildman–Crippen LogP) is 3.81. The van der Waals surface area contributed by atoms with Crippen LogP contribution in [0.3, 0.4) is 0 Å². The Bertz CT molecular complexity index is 618. The molecule has 0 amide bonds. The molecule has 2 unspecified atom stereocenters. The molecule has 5 nitrogen and oxygen atoms in total. The molecule has 7 heteroatoms. The lowest BCUT2D eigenvalue weighted by molar-refractivity contribution is -0.137. The summed E-state index contributed by atoms with van der Waals surface area (Å²) in [4.78, 5) is 20.6. The molecular formula is C15H17NO4PS+. The Morgan fingerprint density at radius 1 is 1.27 bits per heavy atom. The van der Waals surface area contributed by atoms with Gasteiger partial charge in [-0.15, -0.1) is 4.89 Å². The van der Waals surface area contributed by atoms with Crippen molar-refractivity contribution in [2.45, 2.75) is 25.4 Å². The van der Waals surface area contributed by atoms with Crippen LogP contribution in [-0.4, -0.2) is 20.6 Å². The van der Waals surface area contributed by atoms with Crippen LogP contribution < -0.4 is 0 Å². The summed E-state index contributed by atoms with van der Waals surface area (Å²) in [6.45, 7) is 0.298. The van der Waals surface area contributed by atoms with Gasteiger partial charge in [0, 0.05) is 6.42 Å². The van der Waals surface area contributed by atoms with Crippen LogP contribution in [0.15, 0.2) is 47.2 Å². The second-order valence-electron chi connectivity index (χ2n) is 4.84. The summed E-state index contributed by atoms with van der Waals surface area (Å²) in [5, 5.41) is 12.7. The number of carbonyl (C=O) groups is 1. The summed E-state index contributed by atoms with van der Waals surface area (Å²) in [6, 6.07) is 10.9. The molecule has 1 aromatic heterocycles. The van der Waals surface area contributed by atoms with Gasteiger partial charge in [0.05, 0.1) is 12.6 Å². The Labute approximate surface area is 133 Å². The summed E-state index contributed by atoms with van der Waals surface area (Å²) in [7, 11) is -2.57. The maximum atomic E-state index is 11.8. The summed E-state index contributed by atoms with van der Waals surface area (Å²) in [6.07, 6.45) is 0.246. The SMILES string of the molecule is O=C(O)CCC(c1ccsc1)N(Cc1ccccc1)[P+](=O)O. The van der Waals surface area contributed by atoms with Gasteiger partial charge in [-0.25, -0.2) is 0 Å². The van der Waals surface area contributed by atoms with Crippen LogP contribution in [0.4, 0.5) is 0 Å². The Morgan fingerprint density at radius 2 is 2.00 bits per heavy atom. The van der Waals surface area contributed by atoms with E-state index in [1.54, 1.807) is 0 Å². The molecule has 0 aliphatic rings. The molecule has 0 aliphatic heterocycles. The van der Waals surface area contributed by atoms with Gasteiger partial charge in [0.1, 0.15) is 0 Å². The fraction of sp³-hybridized carbons (Fsp3) is 0.267. The van der Waals surface area contributed by atoms with E-state index in [1.165, 1.54) is 16.0 Å². The van der Waals surface area contributed by atoms with Crippen molar-refractivity contribution in [2.75, 3.05) is 0 Å². The minimum Gasteiger partial charge on any atom is -0.481 e. The first-order valence-electron chi connectivity index (χ1n) is 6.78. The highest BCUT2D eigenvalue weighted by Crippen LogP contribution is 2.38. The fourth-order valence-corrected chi connectivity index (χ4v) is 3.75. The van der Waals surface area contributed by atoms with E-state index in [0.29, 0.717) is 13.0 Å². The van der Waals surface area contributed by atoms with Crippen LogP contribution in [0.5, 0.6) is 0 Å². The summed E-state index contributed by atoms with van der Waals surface area (Å²) < 4.78 is 13.3.